The van der Waals surface area contributed by atoms with E-state index in [4.69, 9.17) is 15.9 Å². The van der Waals surface area contributed by atoms with Crippen LogP contribution in [0.2, 0.25) is 0 Å². The van der Waals surface area contributed by atoms with Gasteiger partial charge in [-0.05, 0) is 18.5 Å². The van der Waals surface area contributed by atoms with Crippen LogP contribution in [0.3, 0.4) is 0 Å². The van der Waals surface area contributed by atoms with Gasteiger partial charge in [-0.3, -0.25) is 0 Å². The first-order chi connectivity index (χ1) is 8.69. The van der Waals surface area contributed by atoms with Gasteiger partial charge in [0.15, 0.2) is 11.5 Å². The number of rotatable bonds is 7. The largest absolute Gasteiger partial charge is 0.493 e. The highest BCUT2D eigenvalue weighted by Crippen LogP contribution is 2.30. The molecule has 106 valence electrons. The van der Waals surface area contributed by atoms with Crippen LogP contribution in [0.15, 0.2) is 18.2 Å². The number of ether oxygens (including phenoxy) is 2. The summed E-state index contributed by atoms with van der Waals surface area (Å²) in [5, 5.41) is 3.38. The van der Waals surface area contributed by atoms with Gasteiger partial charge in [0.25, 0.3) is 0 Å². The Labute approximate surface area is 122 Å². The Balaban J connectivity index is 0.00000324. The first kappa shape index (κ1) is 17.6. The molecule has 0 atom stereocenters. The lowest BCUT2D eigenvalue weighted by Gasteiger charge is -2.14. The van der Waals surface area contributed by atoms with Gasteiger partial charge in [-0.25, -0.2) is 0 Å². The molecule has 0 heterocycles. The Morgan fingerprint density at radius 1 is 1.37 bits per heavy atom. The molecule has 0 unspecified atom stereocenters. The quantitative estimate of drug-likeness (QED) is 0.781. The average molecular weight is 284 g/mol. The van der Waals surface area contributed by atoms with Crippen molar-refractivity contribution in [3.63, 3.8) is 0 Å². The van der Waals surface area contributed by atoms with Crippen LogP contribution < -0.4 is 14.8 Å². The van der Waals surface area contributed by atoms with Crippen molar-refractivity contribution in [3.8, 4) is 23.8 Å². The number of para-hydroxylation sites is 1. The van der Waals surface area contributed by atoms with E-state index < -0.39 is 0 Å². The van der Waals surface area contributed by atoms with E-state index in [1.807, 2.05) is 18.2 Å². The molecule has 1 N–H and O–H groups in total. The van der Waals surface area contributed by atoms with Crippen LogP contribution in [-0.4, -0.2) is 20.3 Å². The monoisotopic (exact) mass is 283 g/mol. The third kappa shape index (κ3) is 5.87. The molecule has 0 aliphatic heterocycles. The molecule has 0 aliphatic carbocycles. The first-order valence-electron chi connectivity index (χ1n) is 6.12. The lowest BCUT2D eigenvalue weighted by Crippen LogP contribution is -2.19. The van der Waals surface area contributed by atoms with Crippen LogP contribution in [0, 0.1) is 18.3 Å². The highest BCUT2D eigenvalue weighted by Gasteiger charge is 2.10. The second-order valence-electron chi connectivity index (χ2n) is 4.47. The summed E-state index contributed by atoms with van der Waals surface area (Å²) in [5.41, 5.74) is 1.06. The first-order valence-corrected chi connectivity index (χ1v) is 6.12. The number of methoxy groups -OCH3 is 1. The van der Waals surface area contributed by atoms with Gasteiger partial charge in [-0.2, -0.15) is 0 Å². The molecule has 0 aromatic heterocycles. The average Bonchev–Trinajstić information content (AvgIpc) is 2.36. The van der Waals surface area contributed by atoms with E-state index >= 15 is 0 Å². The summed E-state index contributed by atoms with van der Waals surface area (Å²) < 4.78 is 10.9. The minimum atomic E-state index is 0. The molecule has 0 saturated heterocycles. The van der Waals surface area contributed by atoms with E-state index in [0.717, 1.165) is 24.4 Å². The van der Waals surface area contributed by atoms with Crippen LogP contribution in [0.5, 0.6) is 11.5 Å². The molecule has 0 spiro atoms. The van der Waals surface area contributed by atoms with Crippen molar-refractivity contribution in [1.82, 2.24) is 5.32 Å². The van der Waals surface area contributed by atoms with Crippen molar-refractivity contribution < 1.29 is 9.47 Å². The fourth-order valence-corrected chi connectivity index (χ4v) is 1.63. The SMILES string of the molecule is C#CCOc1c(CNCC(C)C)cccc1OC.Cl. The molecule has 1 aromatic rings. The summed E-state index contributed by atoms with van der Waals surface area (Å²) in [6.45, 7) is 6.31. The lowest BCUT2D eigenvalue weighted by molar-refractivity contribution is 0.326. The maximum absolute atomic E-state index is 5.56. The maximum Gasteiger partial charge on any atom is 0.167 e. The molecule has 4 heteroatoms. The molecule has 0 fully saturated rings. The van der Waals surface area contributed by atoms with E-state index in [-0.39, 0.29) is 19.0 Å². The molecule has 0 bridgehead atoms. The van der Waals surface area contributed by atoms with Crippen LogP contribution in [0.1, 0.15) is 19.4 Å². The van der Waals surface area contributed by atoms with Gasteiger partial charge < -0.3 is 14.8 Å². The molecule has 3 nitrogen and oxygen atoms in total. The van der Waals surface area contributed by atoms with Gasteiger partial charge in [-0.1, -0.05) is 31.9 Å². The van der Waals surface area contributed by atoms with Crippen molar-refractivity contribution in [1.29, 1.82) is 0 Å². The second-order valence-corrected chi connectivity index (χ2v) is 4.47. The Bertz CT molecular complexity index is 413. The molecule has 0 amide bonds. The minimum Gasteiger partial charge on any atom is -0.493 e. The summed E-state index contributed by atoms with van der Waals surface area (Å²) in [5.74, 6) is 4.53. The van der Waals surface area contributed by atoms with Crippen molar-refractivity contribution in [2.75, 3.05) is 20.3 Å². The number of nitrogens with one attached hydrogen (secondary N) is 1. The zero-order valence-electron chi connectivity index (χ0n) is 11.7. The number of benzene rings is 1. The van der Waals surface area contributed by atoms with Crippen molar-refractivity contribution in [3.05, 3.63) is 23.8 Å². The predicted molar refractivity (Wildman–Crippen MR) is 81.1 cm³/mol. The zero-order chi connectivity index (χ0) is 13.4. The van der Waals surface area contributed by atoms with Gasteiger partial charge in [0.1, 0.15) is 6.61 Å². The standard InChI is InChI=1S/C15H21NO2.ClH/c1-5-9-18-15-13(11-16-10-12(2)3)7-6-8-14(15)17-4;/h1,6-8,12,16H,9-11H2,2-4H3;1H. The molecule has 1 aromatic carbocycles. The van der Waals surface area contributed by atoms with E-state index in [9.17, 15) is 0 Å². The van der Waals surface area contributed by atoms with Crippen LogP contribution >= 0.6 is 12.4 Å². The number of hydrogen-bond acceptors (Lipinski definition) is 3. The van der Waals surface area contributed by atoms with E-state index in [0.29, 0.717) is 11.7 Å². The Hall–Kier alpha value is -1.37. The fourth-order valence-electron chi connectivity index (χ4n) is 1.63. The molecule has 0 saturated carbocycles. The smallest absolute Gasteiger partial charge is 0.167 e. The van der Waals surface area contributed by atoms with Gasteiger partial charge in [0.2, 0.25) is 0 Å². The van der Waals surface area contributed by atoms with Gasteiger partial charge in [0.05, 0.1) is 7.11 Å². The van der Waals surface area contributed by atoms with Gasteiger partial charge in [0, 0.05) is 12.1 Å². The lowest BCUT2D eigenvalue weighted by atomic mass is 10.1. The molecule has 0 aliphatic rings. The van der Waals surface area contributed by atoms with E-state index in [1.165, 1.54) is 0 Å². The summed E-state index contributed by atoms with van der Waals surface area (Å²) in [6.07, 6.45) is 5.23. The molecule has 19 heavy (non-hydrogen) atoms. The highest BCUT2D eigenvalue weighted by molar-refractivity contribution is 5.85. The van der Waals surface area contributed by atoms with Crippen molar-refractivity contribution in [2.45, 2.75) is 20.4 Å². The maximum atomic E-state index is 5.56. The normalized spacial score (nSPS) is 9.63. The van der Waals surface area contributed by atoms with E-state index in [1.54, 1.807) is 7.11 Å². The van der Waals surface area contributed by atoms with Crippen molar-refractivity contribution >= 4 is 12.4 Å². The minimum absolute atomic E-state index is 0. The number of hydrogen-bond donors (Lipinski definition) is 1. The van der Waals surface area contributed by atoms with Gasteiger partial charge in [-0.15, -0.1) is 18.8 Å². The van der Waals surface area contributed by atoms with Crippen LogP contribution in [0.25, 0.3) is 0 Å². The summed E-state index contributed by atoms with van der Waals surface area (Å²) in [6, 6.07) is 5.84. The van der Waals surface area contributed by atoms with E-state index in [2.05, 4.69) is 25.1 Å². The highest BCUT2D eigenvalue weighted by atomic mass is 35.5. The Morgan fingerprint density at radius 2 is 2.11 bits per heavy atom. The Morgan fingerprint density at radius 3 is 2.68 bits per heavy atom. The third-order valence-corrected chi connectivity index (χ3v) is 2.45. The summed E-state index contributed by atoms with van der Waals surface area (Å²) in [4.78, 5) is 0. The number of terminal acetylenes is 1. The van der Waals surface area contributed by atoms with Gasteiger partial charge >= 0.3 is 0 Å². The summed E-state index contributed by atoms with van der Waals surface area (Å²) >= 11 is 0. The molecule has 1 rings (SSSR count). The van der Waals surface area contributed by atoms with Crippen molar-refractivity contribution in [2.24, 2.45) is 5.92 Å². The molecular weight excluding hydrogens is 262 g/mol. The molecular formula is C15H22ClNO2. The third-order valence-electron chi connectivity index (χ3n) is 2.45. The summed E-state index contributed by atoms with van der Waals surface area (Å²) in [7, 11) is 1.63. The number of halogens is 1. The van der Waals surface area contributed by atoms with Crippen LogP contribution in [-0.2, 0) is 6.54 Å². The Kier molecular flexibility index (Phi) is 8.86. The van der Waals surface area contributed by atoms with Crippen LogP contribution in [0.4, 0.5) is 0 Å². The fraction of sp³-hybridized carbons (Fsp3) is 0.467. The zero-order valence-corrected chi connectivity index (χ0v) is 12.5. The topological polar surface area (TPSA) is 30.5 Å². The predicted octanol–water partition coefficient (Wildman–Crippen LogP) is 2.87. The second kappa shape index (κ2) is 9.55. The molecule has 0 radical (unpaired) electrons.